The van der Waals surface area contributed by atoms with Gasteiger partial charge >= 0.3 is 0 Å². The van der Waals surface area contributed by atoms with E-state index < -0.39 is 0 Å². The van der Waals surface area contributed by atoms with Crippen LogP contribution >= 0.6 is 0 Å². The van der Waals surface area contributed by atoms with E-state index in [9.17, 15) is 40.9 Å². The van der Waals surface area contributed by atoms with Gasteiger partial charge in [-0.25, -0.2) is 0 Å². The highest BCUT2D eigenvalue weighted by Crippen LogP contribution is 2.33. The first kappa shape index (κ1) is 35.1. The van der Waals surface area contributed by atoms with Gasteiger partial charge in [0, 0.05) is 34.4 Å². The Morgan fingerprint density at radius 2 is 0.812 bits per heavy atom. The highest BCUT2D eigenvalue weighted by atomic mass is 16.3. The number of hydrogen-bond acceptors (Lipinski definition) is 8. The van der Waals surface area contributed by atoms with Crippen LogP contribution < -0.4 is 0 Å². The molecular weight excluding hydrogens is 608 g/mol. The third kappa shape index (κ3) is 9.87. The Hall–Kier alpha value is -5.76. The van der Waals surface area contributed by atoms with Crippen LogP contribution in [0.4, 0.5) is 0 Å². The molecule has 0 heterocycles. The molecule has 0 saturated heterocycles. The molecule has 0 spiro atoms. The summed E-state index contributed by atoms with van der Waals surface area (Å²) in [7, 11) is 0. The van der Waals surface area contributed by atoms with E-state index in [0.717, 1.165) is 36.8 Å². The summed E-state index contributed by atoms with van der Waals surface area (Å²) in [6.45, 7) is 4.05. The van der Waals surface area contributed by atoms with Gasteiger partial charge in [-0.15, -0.1) is 0 Å². The molecule has 0 radical (unpaired) electrons. The molecule has 8 nitrogen and oxygen atoms in total. The highest BCUT2D eigenvalue weighted by Gasteiger charge is 2.10. The van der Waals surface area contributed by atoms with Gasteiger partial charge in [0.1, 0.15) is 46.0 Å². The number of rotatable bonds is 13. The summed E-state index contributed by atoms with van der Waals surface area (Å²) in [6.07, 6.45) is 15.0. The molecule has 8 heteroatoms. The maximum absolute atomic E-state index is 10.6. The van der Waals surface area contributed by atoms with Crippen molar-refractivity contribution in [2.75, 3.05) is 0 Å². The largest absolute Gasteiger partial charge is 0.508 e. The van der Waals surface area contributed by atoms with Crippen LogP contribution in [0.5, 0.6) is 46.0 Å². The maximum Gasteiger partial charge on any atom is 0.126 e. The molecule has 0 unspecified atom stereocenters. The van der Waals surface area contributed by atoms with E-state index in [1.54, 1.807) is 60.7 Å². The van der Waals surface area contributed by atoms with E-state index in [1.165, 1.54) is 24.3 Å². The smallest absolute Gasteiger partial charge is 0.126 e. The van der Waals surface area contributed by atoms with Crippen molar-refractivity contribution in [3.05, 3.63) is 117 Å². The first-order valence-corrected chi connectivity index (χ1v) is 15.7. The molecule has 0 atom stereocenters. The zero-order valence-corrected chi connectivity index (χ0v) is 27.1. The number of aromatic hydroxyl groups is 8. The van der Waals surface area contributed by atoms with E-state index in [0.29, 0.717) is 46.2 Å². The quantitative estimate of drug-likeness (QED) is 0.0404. The molecule has 0 aliphatic heterocycles. The first-order valence-electron chi connectivity index (χ1n) is 15.7. The van der Waals surface area contributed by atoms with Crippen molar-refractivity contribution < 1.29 is 40.9 Å². The van der Waals surface area contributed by atoms with E-state index >= 15 is 0 Å². The molecule has 48 heavy (non-hydrogen) atoms. The van der Waals surface area contributed by atoms with E-state index in [1.807, 2.05) is 26.0 Å². The second-order valence-corrected chi connectivity index (χ2v) is 11.9. The van der Waals surface area contributed by atoms with Crippen LogP contribution in [-0.2, 0) is 12.8 Å². The zero-order valence-electron chi connectivity index (χ0n) is 27.1. The van der Waals surface area contributed by atoms with Gasteiger partial charge in [-0.1, -0.05) is 47.6 Å². The Kier molecular flexibility index (Phi) is 11.8. The molecule has 0 bridgehead atoms. The summed E-state index contributed by atoms with van der Waals surface area (Å²) in [6, 6.07) is 14.7. The molecule has 0 saturated carbocycles. The number of phenols is 8. The van der Waals surface area contributed by atoms with Crippen molar-refractivity contribution in [2.45, 2.75) is 52.4 Å². The fourth-order valence-corrected chi connectivity index (χ4v) is 5.22. The molecule has 0 fully saturated rings. The molecule has 0 aromatic heterocycles. The Labute approximate surface area is 280 Å². The van der Waals surface area contributed by atoms with Crippen molar-refractivity contribution in [1.29, 1.82) is 0 Å². The molecule has 0 aliphatic rings. The van der Waals surface area contributed by atoms with Gasteiger partial charge in [-0.2, -0.15) is 0 Å². The van der Waals surface area contributed by atoms with Crippen LogP contribution in [0.2, 0.25) is 0 Å². The lowest BCUT2D eigenvalue weighted by molar-refractivity contribution is 0.439. The SMILES string of the molecule is CC(=CCc1c(O)cc(C=Cc2ccc(O)cc2O)cc1O)CCCCC(C)=CCc1c(O)cc(C=Cc2ccc(O)cc2O)cc1O. The van der Waals surface area contributed by atoms with Crippen molar-refractivity contribution in [1.82, 2.24) is 0 Å². The van der Waals surface area contributed by atoms with E-state index in [4.69, 9.17) is 0 Å². The highest BCUT2D eigenvalue weighted by molar-refractivity contribution is 5.75. The summed E-state index contributed by atoms with van der Waals surface area (Å²) >= 11 is 0. The summed E-state index contributed by atoms with van der Waals surface area (Å²) in [5.74, 6) is -0.323. The fourth-order valence-electron chi connectivity index (χ4n) is 5.22. The molecule has 0 aliphatic carbocycles. The standard InChI is InChI=1S/C40H42O8/c1-25(7-17-33-37(45)19-27(20-38(33)46)9-11-29-13-15-31(41)23-35(29)43)5-3-4-6-26(2)8-18-34-39(47)21-28(22-40(34)48)10-12-30-14-16-32(42)24-36(30)44/h7-16,19-24,41-48H,3-6,17-18H2,1-2H3. The predicted octanol–water partition coefficient (Wildman–Crippen LogP) is 8.91. The number of hydrogen-bond donors (Lipinski definition) is 8. The summed E-state index contributed by atoms with van der Waals surface area (Å²) < 4.78 is 0. The van der Waals surface area contributed by atoms with Gasteiger partial charge in [0.2, 0.25) is 0 Å². The van der Waals surface area contributed by atoms with Gasteiger partial charge in [-0.05, 0) is 112 Å². The zero-order chi connectivity index (χ0) is 34.8. The van der Waals surface area contributed by atoms with Gasteiger partial charge in [0.15, 0.2) is 0 Å². The molecular formula is C40H42O8. The van der Waals surface area contributed by atoms with Gasteiger partial charge in [0.05, 0.1) is 0 Å². The lowest BCUT2D eigenvalue weighted by atomic mass is 10.00. The van der Waals surface area contributed by atoms with Crippen LogP contribution in [0, 0.1) is 0 Å². The summed E-state index contributed by atoms with van der Waals surface area (Å²) in [5.41, 5.74) is 5.27. The molecule has 4 aromatic rings. The number of unbranched alkanes of at least 4 members (excludes halogenated alkanes) is 1. The van der Waals surface area contributed by atoms with Crippen LogP contribution in [0.15, 0.2) is 84.0 Å². The van der Waals surface area contributed by atoms with Gasteiger partial charge < -0.3 is 40.9 Å². The van der Waals surface area contributed by atoms with Crippen molar-refractivity contribution >= 4 is 24.3 Å². The molecule has 4 aromatic carbocycles. The summed E-state index contributed by atoms with van der Waals surface area (Å²) in [5, 5.41) is 81.0. The Morgan fingerprint density at radius 1 is 0.458 bits per heavy atom. The van der Waals surface area contributed by atoms with Crippen molar-refractivity contribution in [2.24, 2.45) is 0 Å². The minimum atomic E-state index is -0.0770. The fraction of sp³-hybridized carbons (Fsp3) is 0.200. The Balaban J connectivity index is 1.25. The van der Waals surface area contributed by atoms with Gasteiger partial charge in [0.25, 0.3) is 0 Å². The monoisotopic (exact) mass is 650 g/mol. The average Bonchev–Trinajstić information content (AvgIpc) is 3.01. The minimum absolute atomic E-state index is 0.0214. The molecule has 4 rings (SSSR count). The number of benzene rings is 4. The summed E-state index contributed by atoms with van der Waals surface area (Å²) in [4.78, 5) is 0. The van der Waals surface area contributed by atoms with E-state index in [-0.39, 0.29) is 46.0 Å². The average molecular weight is 651 g/mol. The molecule has 0 amide bonds. The second-order valence-electron chi connectivity index (χ2n) is 11.9. The minimum Gasteiger partial charge on any atom is -0.508 e. The van der Waals surface area contributed by atoms with Crippen LogP contribution in [-0.4, -0.2) is 40.9 Å². The lowest BCUT2D eigenvalue weighted by Gasteiger charge is -2.09. The Bertz CT molecular complexity index is 1700. The second kappa shape index (κ2) is 16.2. The maximum atomic E-state index is 10.6. The normalized spacial score (nSPS) is 12.4. The third-order valence-corrected chi connectivity index (χ3v) is 8.09. The van der Waals surface area contributed by atoms with Crippen LogP contribution in [0.1, 0.15) is 72.9 Å². The molecule has 8 N–H and O–H groups in total. The van der Waals surface area contributed by atoms with E-state index in [2.05, 4.69) is 0 Å². The number of allylic oxidation sites excluding steroid dienone is 4. The number of phenolic OH excluding ortho intramolecular Hbond substituents is 8. The first-order chi connectivity index (χ1) is 22.9. The van der Waals surface area contributed by atoms with Crippen LogP contribution in [0.3, 0.4) is 0 Å². The predicted molar refractivity (Wildman–Crippen MR) is 190 cm³/mol. The lowest BCUT2D eigenvalue weighted by Crippen LogP contribution is -1.89. The van der Waals surface area contributed by atoms with Crippen molar-refractivity contribution in [3.63, 3.8) is 0 Å². The topological polar surface area (TPSA) is 162 Å². The molecule has 250 valence electrons. The van der Waals surface area contributed by atoms with Crippen LogP contribution in [0.25, 0.3) is 24.3 Å². The van der Waals surface area contributed by atoms with Gasteiger partial charge in [-0.3, -0.25) is 0 Å². The van der Waals surface area contributed by atoms with Crippen molar-refractivity contribution in [3.8, 4) is 46.0 Å². The Morgan fingerprint density at radius 3 is 1.15 bits per heavy atom. The third-order valence-electron chi connectivity index (χ3n) is 8.09.